The molecule has 2 rings (SSSR count). The van der Waals surface area contributed by atoms with Crippen LogP contribution in [0.4, 0.5) is 0 Å². The maximum absolute atomic E-state index is 4.21. The SMILES string of the molecule is CC1CNCC(C)N1Cc1cncc(Br)c1. The molecule has 2 unspecified atom stereocenters. The van der Waals surface area contributed by atoms with Crippen molar-refractivity contribution in [2.75, 3.05) is 13.1 Å². The van der Waals surface area contributed by atoms with Crippen LogP contribution in [0.1, 0.15) is 19.4 Å². The second kappa shape index (κ2) is 5.25. The minimum absolute atomic E-state index is 0.586. The van der Waals surface area contributed by atoms with E-state index in [-0.39, 0.29) is 0 Å². The van der Waals surface area contributed by atoms with Crippen molar-refractivity contribution in [3.63, 3.8) is 0 Å². The summed E-state index contributed by atoms with van der Waals surface area (Å²) < 4.78 is 1.06. The Morgan fingerprint density at radius 1 is 1.38 bits per heavy atom. The van der Waals surface area contributed by atoms with Gasteiger partial charge >= 0.3 is 0 Å². The maximum Gasteiger partial charge on any atom is 0.0410 e. The molecule has 2 atom stereocenters. The lowest BCUT2D eigenvalue weighted by Gasteiger charge is -2.39. The largest absolute Gasteiger partial charge is 0.314 e. The third-order valence-electron chi connectivity index (χ3n) is 3.14. The zero-order chi connectivity index (χ0) is 11.5. The van der Waals surface area contributed by atoms with Crippen LogP contribution in [0.2, 0.25) is 0 Å². The lowest BCUT2D eigenvalue weighted by Crippen LogP contribution is -2.54. The number of pyridine rings is 1. The van der Waals surface area contributed by atoms with Gasteiger partial charge in [0.1, 0.15) is 0 Å². The predicted octanol–water partition coefficient (Wildman–Crippen LogP) is 2.03. The third-order valence-corrected chi connectivity index (χ3v) is 3.57. The van der Waals surface area contributed by atoms with Gasteiger partial charge in [-0.3, -0.25) is 9.88 Å². The first-order valence-corrected chi connectivity index (χ1v) is 6.52. The molecule has 16 heavy (non-hydrogen) atoms. The van der Waals surface area contributed by atoms with Gasteiger partial charge < -0.3 is 5.32 Å². The molecule has 0 spiro atoms. The summed E-state index contributed by atoms with van der Waals surface area (Å²) in [6.07, 6.45) is 3.78. The zero-order valence-electron chi connectivity index (χ0n) is 9.78. The molecule has 0 aromatic carbocycles. The molecule has 0 saturated carbocycles. The van der Waals surface area contributed by atoms with E-state index in [9.17, 15) is 0 Å². The number of nitrogens with one attached hydrogen (secondary N) is 1. The van der Waals surface area contributed by atoms with E-state index in [0.717, 1.165) is 24.1 Å². The van der Waals surface area contributed by atoms with Crippen LogP contribution < -0.4 is 5.32 Å². The fraction of sp³-hybridized carbons (Fsp3) is 0.583. The first-order valence-electron chi connectivity index (χ1n) is 5.72. The van der Waals surface area contributed by atoms with Crippen LogP contribution in [0.15, 0.2) is 22.9 Å². The lowest BCUT2D eigenvalue weighted by atomic mass is 10.1. The minimum atomic E-state index is 0.586. The fourth-order valence-electron chi connectivity index (χ4n) is 2.23. The molecule has 0 aliphatic carbocycles. The number of piperazine rings is 1. The van der Waals surface area contributed by atoms with Crippen molar-refractivity contribution < 1.29 is 0 Å². The van der Waals surface area contributed by atoms with Gasteiger partial charge in [-0.05, 0) is 41.4 Å². The highest BCUT2D eigenvalue weighted by Gasteiger charge is 2.24. The van der Waals surface area contributed by atoms with E-state index in [0.29, 0.717) is 12.1 Å². The highest BCUT2D eigenvalue weighted by Crippen LogP contribution is 2.16. The van der Waals surface area contributed by atoms with Crippen LogP contribution in [-0.4, -0.2) is 35.1 Å². The summed E-state index contributed by atoms with van der Waals surface area (Å²) in [5.74, 6) is 0. The number of nitrogens with zero attached hydrogens (tertiary/aromatic N) is 2. The first kappa shape index (κ1) is 12.0. The second-order valence-corrected chi connectivity index (χ2v) is 5.46. The number of hydrogen-bond acceptors (Lipinski definition) is 3. The van der Waals surface area contributed by atoms with Crippen molar-refractivity contribution in [3.05, 3.63) is 28.5 Å². The van der Waals surface area contributed by atoms with Crippen LogP contribution in [0.3, 0.4) is 0 Å². The van der Waals surface area contributed by atoms with Crippen molar-refractivity contribution in [1.29, 1.82) is 0 Å². The number of halogens is 1. The highest BCUT2D eigenvalue weighted by atomic mass is 79.9. The van der Waals surface area contributed by atoms with E-state index in [4.69, 9.17) is 0 Å². The number of hydrogen-bond donors (Lipinski definition) is 1. The molecule has 1 aliphatic heterocycles. The summed E-state index contributed by atoms with van der Waals surface area (Å²) in [5.41, 5.74) is 1.27. The predicted molar refractivity (Wildman–Crippen MR) is 69.3 cm³/mol. The molecule has 1 fully saturated rings. The Hall–Kier alpha value is -0.450. The molecule has 1 aromatic rings. The average Bonchev–Trinajstić information content (AvgIpc) is 2.24. The Morgan fingerprint density at radius 3 is 2.69 bits per heavy atom. The molecule has 3 nitrogen and oxygen atoms in total. The van der Waals surface area contributed by atoms with Crippen LogP contribution >= 0.6 is 15.9 Å². The summed E-state index contributed by atoms with van der Waals surface area (Å²) in [6.45, 7) is 7.68. The van der Waals surface area contributed by atoms with Gasteiger partial charge in [-0.25, -0.2) is 0 Å². The zero-order valence-corrected chi connectivity index (χ0v) is 11.4. The highest BCUT2D eigenvalue weighted by molar-refractivity contribution is 9.10. The molecule has 1 saturated heterocycles. The Bertz CT molecular complexity index is 346. The molecule has 0 bridgehead atoms. The maximum atomic E-state index is 4.21. The fourth-order valence-corrected chi connectivity index (χ4v) is 2.65. The summed E-state index contributed by atoms with van der Waals surface area (Å²) in [5, 5.41) is 3.44. The molecule has 1 N–H and O–H groups in total. The molecule has 1 aliphatic rings. The molecular weight excluding hydrogens is 266 g/mol. The van der Waals surface area contributed by atoms with E-state index >= 15 is 0 Å². The lowest BCUT2D eigenvalue weighted by molar-refractivity contribution is 0.108. The molecular formula is C12H18BrN3. The summed E-state index contributed by atoms with van der Waals surface area (Å²) in [6, 6.07) is 3.32. The molecule has 2 heterocycles. The number of rotatable bonds is 2. The third kappa shape index (κ3) is 2.81. The van der Waals surface area contributed by atoms with Gasteiger partial charge in [0.15, 0.2) is 0 Å². The summed E-state index contributed by atoms with van der Waals surface area (Å²) in [4.78, 5) is 6.74. The van der Waals surface area contributed by atoms with Crippen LogP contribution in [0.25, 0.3) is 0 Å². The topological polar surface area (TPSA) is 28.2 Å². The molecule has 88 valence electrons. The van der Waals surface area contributed by atoms with Gasteiger partial charge in [0, 0.05) is 48.6 Å². The first-order chi connectivity index (χ1) is 7.66. The van der Waals surface area contributed by atoms with Gasteiger partial charge in [-0.2, -0.15) is 0 Å². The average molecular weight is 284 g/mol. The van der Waals surface area contributed by atoms with Gasteiger partial charge in [0.05, 0.1) is 0 Å². The van der Waals surface area contributed by atoms with Gasteiger partial charge in [-0.1, -0.05) is 0 Å². The molecule has 0 radical (unpaired) electrons. The van der Waals surface area contributed by atoms with Crippen LogP contribution in [-0.2, 0) is 6.54 Å². The monoisotopic (exact) mass is 283 g/mol. The minimum Gasteiger partial charge on any atom is -0.314 e. The van der Waals surface area contributed by atoms with Crippen molar-refractivity contribution >= 4 is 15.9 Å². The van der Waals surface area contributed by atoms with E-state index in [1.165, 1.54) is 5.56 Å². The Kier molecular flexibility index (Phi) is 3.95. The van der Waals surface area contributed by atoms with Crippen LogP contribution in [0, 0.1) is 0 Å². The van der Waals surface area contributed by atoms with Crippen molar-refractivity contribution in [3.8, 4) is 0 Å². The smallest absolute Gasteiger partial charge is 0.0410 e. The van der Waals surface area contributed by atoms with Crippen LogP contribution in [0.5, 0.6) is 0 Å². The van der Waals surface area contributed by atoms with Gasteiger partial charge in [0.2, 0.25) is 0 Å². The van der Waals surface area contributed by atoms with Crippen molar-refractivity contribution in [2.24, 2.45) is 0 Å². The van der Waals surface area contributed by atoms with E-state index in [1.807, 2.05) is 12.4 Å². The van der Waals surface area contributed by atoms with Gasteiger partial charge in [0.25, 0.3) is 0 Å². The Morgan fingerprint density at radius 2 is 2.06 bits per heavy atom. The van der Waals surface area contributed by atoms with Crippen molar-refractivity contribution in [2.45, 2.75) is 32.5 Å². The second-order valence-electron chi connectivity index (χ2n) is 4.54. The molecule has 4 heteroatoms. The summed E-state index contributed by atoms with van der Waals surface area (Å²) in [7, 11) is 0. The Balaban J connectivity index is 2.07. The van der Waals surface area contributed by atoms with E-state index in [2.05, 4.69) is 51.0 Å². The molecule has 0 amide bonds. The number of aromatic nitrogens is 1. The quantitative estimate of drug-likeness (QED) is 0.900. The van der Waals surface area contributed by atoms with E-state index < -0.39 is 0 Å². The summed E-state index contributed by atoms with van der Waals surface area (Å²) >= 11 is 3.46. The normalized spacial score (nSPS) is 26.9. The Labute approximate surface area is 105 Å². The van der Waals surface area contributed by atoms with Gasteiger partial charge in [-0.15, -0.1) is 0 Å². The van der Waals surface area contributed by atoms with E-state index in [1.54, 1.807) is 0 Å². The standard InChI is InChI=1S/C12H18BrN3/c1-9-4-14-5-10(2)16(9)8-11-3-12(13)7-15-6-11/h3,6-7,9-10,14H,4-5,8H2,1-2H3. The van der Waals surface area contributed by atoms with Crippen molar-refractivity contribution in [1.82, 2.24) is 15.2 Å². The molecule has 1 aromatic heterocycles.